The van der Waals surface area contributed by atoms with Gasteiger partial charge in [0.05, 0.1) is 0 Å². The summed E-state index contributed by atoms with van der Waals surface area (Å²) in [5.41, 5.74) is 1.56. The molecule has 0 saturated carbocycles. The molecule has 16 heavy (non-hydrogen) atoms. The zero-order valence-electron chi connectivity index (χ0n) is 10.8. The fourth-order valence-corrected chi connectivity index (χ4v) is 1.50. The average Bonchev–Trinajstić information content (AvgIpc) is 2.24. The minimum absolute atomic E-state index is 0.195. The van der Waals surface area contributed by atoms with Crippen molar-refractivity contribution in [2.75, 3.05) is 6.54 Å². The number of allylic oxidation sites excluding steroid dienone is 1. The van der Waals surface area contributed by atoms with E-state index in [9.17, 15) is 0 Å². The summed E-state index contributed by atoms with van der Waals surface area (Å²) in [7, 11) is 0. The van der Waals surface area contributed by atoms with Crippen molar-refractivity contribution in [3.05, 3.63) is 48.0 Å². The maximum Gasteiger partial charge on any atom is 0.0139 e. The van der Waals surface area contributed by atoms with E-state index >= 15 is 0 Å². The molecule has 1 aromatic carbocycles. The van der Waals surface area contributed by atoms with Crippen LogP contribution in [0.2, 0.25) is 0 Å². The van der Waals surface area contributed by atoms with Crippen molar-refractivity contribution in [3.8, 4) is 0 Å². The van der Waals surface area contributed by atoms with Crippen molar-refractivity contribution in [2.45, 2.75) is 39.2 Å². The second-order valence-corrected chi connectivity index (χ2v) is 5.26. The summed E-state index contributed by atoms with van der Waals surface area (Å²) >= 11 is 0. The Hall–Kier alpha value is -1.08. The molecule has 1 rings (SSSR count). The molecule has 1 N–H and O–H groups in total. The first-order valence-corrected chi connectivity index (χ1v) is 5.96. The van der Waals surface area contributed by atoms with Gasteiger partial charge in [-0.1, -0.05) is 49.4 Å². The monoisotopic (exact) mass is 217 g/mol. The lowest BCUT2D eigenvalue weighted by molar-refractivity contribution is 0.449. The van der Waals surface area contributed by atoms with Gasteiger partial charge >= 0.3 is 0 Å². The molecule has 1 aromatic rings. The molecule has 0 spiro atoms. The van der Waals surface area contributed by atoms with Crippen LogP contribution in [0.5, 0.6) is 0 Å². The van der Waals surface area contributed by atoms with E-state index in [1.54, 1.807) is 0 Å². The van der Waals surface area contributed by atoms with Crippen LogP contribution in [-0.2, 0) is 0 Å². The Morgan fingerprint density at radius 2 is 1.81 bits per heavy atom. The number of hydrogen-bond acceptors (Lipinski definition) is 1. The maximum atomic E-state index is 3.44. The van der Waals surface area contributed by atoms with Gasteiger partial charge in [-0.25, -0.2) is 0 Å². The minimum atomic E-state index is 0.195. The van der Waals surface area contributed by atoms with Crippen molar-refractivity contribution >= 4 is 0 Å². The van der Waals surface area contributed by atoms with Gasteiger partial charge in [0.25, 0.3) is 0 Å². The highest BCUT2D eigenvalue weighted by Gasteiger charge is 2.06. The topological polar surface area (TPSA) is 12.0 Å². The molecule has 0 amide bonds. The van der Waals surface area contributed by atoms with E-state index in [1.807, 2.05) is 0 Å². The van der Waals surface area contributed by atoms with Gasteiger partial charge in [-0.3, -0.25) is 0 Å². The first-order valence-electron chi connectivity index (χ1n) is 5.96. The SMILES string of the molecule is CC(/C=C/CNC(C)(C)C)c1ccccc1. The van der Waals surface area contributed by atoms with Crippen molar-refractivity contribution in [1.82, 2.24) is 5.32 Å². The Balaban J connectivity index is 2.40. The smallest absolute Gasteiger partial charge is 0.0139 e. The van der Waals surface area contributed by atoms with Gasteiger partial charge in [0.15, 0.2) is 0 Å². The quantitative estimate of drug-likeness (QED) is 0.758. The Bertz CT molecular complexity index is 319. The highest BCUT2D eigenvalue weighted by atomic mass is 14.9. The Kier molecular flexibility index (Phi) is 4.75. The number of nitrogens with one attached hydrogen (secondary N) is 1. The highest BCUT2D eigenvalue weighted by molar-refractivity contribution is 5.22. The van der Waals surface area contributed by atoms with Crippen LogP contribution in [0.15, 0.2) is 42.5 Å². The van der Waals surface area contributed by atoms with Crippen molar-refractivity contribution in [1.29, 1.82) is 0 Å². The van der Waals surface area contributed by atoms with Gasteiger partial charge in [-0.05, 0) is 32.3 Å². The molecule has 1 atom stereocenters. The molecular formula is C15H23N. The Morgan fingerprint density at radius 3 is 2.38 bits per heavy atom. The molecular weight excluding hydrogens is 194 g/mol. The fourth-order valence-electron chi connectivity index (χ4n) is 1.50. The van der Waals surface area contributed by atoms with Gasteiger partial charge in [-0.2, -0.15) is 0 Å². The first-order chi connectivity index (χ1) is 7.49. The zero-order valence-corrected chi connectivity index (χ0v) is 10.8. The molecule has 1 nitrogen and oxygen atoms in total. The van der Waals surface area contributed by atoms with E-state index < -0.39 is 0 Å². The first kappa shape index (κ1) is 13.0. The van der Waals surface area contributed by atoms with E-state index in [0.29, 0.717) is 5.92 Å². The summed E-state index contributed by atoms with van der Waals surface area (Å²) in [5, 5.41) is 3.44. The van der Waals surface area contributed by atoms with Gasteiger partial charge in [0.2, 0.25) is 0 Å². The van der Waals surface area contributed by atoms with Crippen LogP contribution in [0, 0.1) is 0 Å². The van der Waals surface area contributed by atoms with Crippen LogP contribution in [-0.4, -0.2) is 12.1 Å². The molecule has 0 fully saturated rings. The molecule has 0 aliphatic rings. The van der Waals surface area contributed by atoms with E-state index in [-0.39, 0.29) is 5.54 Å². The largest absolute Gasteiger partial charge is 0.309 e. The van der Waals surface area contributed by atoms with E-state index in [0.717, 1.165) is 6.54 Å². The Labute approximate surface area is 99.6 Å². The lowest BCUT2D eigenvalue weighted by Crippen LogP contribution is -2.35. The molecule has 0 aliphatic heterocycles. The molecule has 0 aliphatic carbocycles. The van der Waals surface area contributed by atoms with Gasteiger partial charge in [0, 0.05) is 12.1 Å². The third-order valence-electron chi connectivity index (χ3n) is 2.50. The lowest BCUT2D eigenvalue weighted by Gasteiger charge is -2.19. The summed E-state index contributed by atoms with van der Waals surface area (Å²) in [6.45, 7) is 9.70. The van der Waals surface area contributed by atoms with Crippen LogP contribution in [0.1, 0.15) is 39.2 Å². The van der Waals surface area contributed by atoms with Crippen molar-refractivity contribution in [3.63, 3.8) is 0 Å². The summed E-state index contributed by atoms with van der Waals surface area (Å²) in [6.07, 6.45) is 4.47. The lowest BCUT2D eigenvalue weighted by atomic mass is 10.0. The molecule has 1 heteroatoms. The van der Waals surface area contributed by atoms with Crippen LogP contribution in [0.3, 0.4) is 0 Å². The molecule has 88 valence electrons. The van der Waals surface area contributed by atoms with Gasteiger partial charge in [-0.15, -0.1) is 0 Å². The molecule has 0 bridgehead atoms. The zero-order chi connectivity index (χ0) is 12.0. The number of benzene rings is 1. The Morgan fingerprint density at radius 1 is 1.19 bits per heavy atom. The second-order valence-electron chi connectivity index (χ2n) is 5.26. The molecule has 0 saturated heterocycles. The normalized spacial score (nSPS) is 14.2. The minimum Gasteiger partial charge on any atom is -0.309 e. The summed E-state index contributed by atoms with van der Waals surface area (Å²) in [5.74, 6) is 0.489. The summed E-state index contributed by atoms with van der Waals surface area (Å²) in [4.78, 5) is 0. The van der Waals surface area contributed by atoms with Crippen molar-refractivity contribution in [2.24, 2.45) is 0 Å². The predicted molar refractivity (Wildman–Crippen MR) is 71.8 cm³/mol. The third-order valence-corrected chi connectivity index (χ3v) is 2.50. The molecule has 0 heterocycles. The van der Waals surface area contributed by atoms with E-state index in [1.165, 1.54) is 5.56 Å². The van der Waals surface area contributed by atoms with Crippen LogP contribution >= 0.6 is 0 Å². The molecule has 0 radical (unpaired) electrons. The third kappa shape index (κ3) is 5.13. The number of rotatable bonds is 4. The maximum absolute atomic E-state index is 3.44. The van der Waals surface area contributed by atoms with Crippen LogP contribution < -0.4 is 5.32 Å². The van der Waals surface area contributed by atoms with Crippen LogP contribution in [0.25, 0.3) is 0 Å². The average molecular weight is 217 g/mol. The predicted octanol–water partition coefficient (Wildman–Crippen LogP) is 3.73. The van der Waals surface area contributed by atoms with Gasteiger partial charge < -0.3 is 5.32 Å². The number of hydrogen-bond donors (Lipinski definition) is 1. The van der Waals surface area contributed by atoms with Crippen molar-refractivity contribution < 1.29 is 0 Å². The highest BCUT2D eigenvalue weighted by Crippen LogP contribution is 2.15. The molecule has 0 aromatic heterocycles. The molecule has 1 unspecified atom stereocenters. The van der Waals surface area contributed by atoms with Gasteiger partial charge in [0.1, 0.15) is 0 Å². The second kappa shape index (κ2) is 5.86. The van der Waals surface area contributed by atoms with E-state index in [2.05, 4.69) is 75.5 Å². The fraction of sp³-hybridized carbons (Fsp3) is 0.467. The summed E-state index contributed by atoms with van der Waals surface area (Å²) < 4.78 is 0. The summed E-state index contributed by atoms with van der Waals surface area (Å²) in [6, 6.07) is 10.6. The van der Waals surface area contributed by atoms with E-state index in [4.69, 9.17) is 0 Å². The van der Waals surface area contributed by atoms with Crippen LogP contribution in [0.4, 0.5) is 0 Å². The standard InChI is InChI=1S/C15H23N/c1-13(14-10-6-5-7-11-14)9-8-12-16-15(2,3)4/h5-11,13,16H,12H2,1-4H3/b9-8+.